The molecule has 1 aromatic carbocycles. The molecule has 0 aliphatic heterocycles. The third-order valence-corrected chi connectivity index (χ3v) is 4.46. The number of rotatable bonds is 6. The van der Waals surface area contributed by atoms with Crippen molar-refractivity contribution in [2.75, 3.05) is 13.2 Å². The van der Waals surface area contributed by atoms with Crippen LogP contribution in [0.3, 0.4) is 0 Å². The normalized spacial score (nSPS) is 19.7. The van der Waals surface area contributed by atoms with Crippen LogP contribution in [0.25, 0.3) is 0 Å². The van der Waals surface area contributed by atoms with E-state index < -0.39 is 5.82 Å². The maximum absolute atomic E-state index is 13.4. The Hall–Kier alpha value is -1.58. The zero-order chi connectivity index (χ0) is 18.9. The molecule has 3 N–H and O–H groups in total. The Morgan fingerprint density at radius 2 is 2.00 bits per heavy atom. The molecule has 0 saturated heterocycles. The standard InChI is InChI=1S/C19H28FN3O3.HI/c1-3-21-19(22-12-13-5-10-17(24)16(20)11-13)23-15-8-6-14(7-9-15)18(25)26-4-2;/h5,10-11,14-15,24H,3-4,6-9,12H2,1-2H3,(H2,21,22,23);1H. The van der Waals surface area contributed by atoms with E-state index in [1.165, 1.54) is 12.1 Å². The lowest BCUT2D eigenvalue weighted by Gasteiger charge is -2.29. The highest BCUT2D eigenvalue weighted by atomic mass is 127. The number of hydrogen-bond donors (Lipinski definition) is 3. The van der Waals surface area contributed by atoms with Crippen LogP contribution in [0.4, 0.5) is 4.39 Å². The van der Waals surface area contributed by atoms with Crippen LogP contribution >= 0.6 is 24.0 Å². The molecule has 0 bridgehead atoms. The number of ether oxygens (including phenoxy) is 1. The molecule has 0 heterocycles. The minimum atomic E-state index is -0.645. The number of esters is 1. The van der Waals surface area contributed by atoms with E-state index in [0.717, 1.165) is 25.7 Å². The van der Waals surface area contributed by atoms with Gasteiger partial charge in [-0.1, -0.05) is 6.07 Å². The Kier molecular flexibility index (Phi) is 10.4. The summed E-state index contributed by atoms with van der Waals surface area (Å²) in [6.45, 7) is 5.25. The molecule has 152 valence electrons. The summed E-state index contributed by atoms with van der Waals surface area (Å²) >= 11 is 0. The molecule has 1 aliphatic carbocycles. The first-order valence-electron chi connectivity index (χ1n) is 9.22. The number of carbonyl (C=O) groups excluding carboxylic acids is 1. The molecule has 27 heavy (non-hydrogen) atoms. The largest absolute Gasteiger partial charge is 0.505 e. The van der Waals surface area contributed by atoms with Gasteiger partial charge in [0, 0.05) is 12.6 Å². The van der Waals surface area contributed by atoms with E-state index in [4.69, 9.17) is 4.74 Å². The minimum absolute atomic E-state index is 0. The smallest absolute Gasteiger partial charge is 0.308 e. The van der Waals surface area contributed by atoms with Crippen LogP contribution in [0.15, 0.2) is 23.2 Å². The molecule has 0 spiro atoms. The summed E-state index contributed by atoms with van der Waals surface area (Å²) in [6, 6.07) is 4.51. The van der Waals surface area contributed by atoms with Crippen LogP contribution in [-0.4, -0.2) is 36.2 Å². The summed E-state index contributed by atoms with van der Waals surface area (Å²) in [5.74, 6) is -0.442. The van der Waals surface area contributed by atoms with Crippen molar-refractivity contribution in [3.8, 4) is 5.75 Å². The second-order valence-corrected chi connectivity index (χ2v) is 6.43. The lowest BCUT2D eigenvalue weighted by Crippen LogP contribution is -2.45. The SMILES string of the molecule is CCNC(=NCc1ccc(O)c(F)c1)NC1CCC(C(=O)OCC)CC1.I. The van der Waals surface area contributed by atoms with E-state index >= 15 is 0 Å². The van der Waals surface area contributed by atoms with E-state index in [9.17, 15) is 14.3 Å². The molecule has 0 unspecified atom stereocenters. The molecule has 1 saturated carbocycles. The van der Waals surface area contributed by atoms with Crippen molar-refractivity contribution in [3.63, 3.8) is 0 Å². The van der Waals surface area contributed by atoms with Gasteiger partial charge in [0.1, 0.15) is 0 Å². The van der Waals surface area contributed by atoms with Crippen molar-refractivity contribution in [2.45, 2.75) is 52.1 Å². The fraction of sp³-hybridized carbons (Fsp3) is 0.579. The first kappa shape index (κ1) is 23.5. The van der Waals surface area contributed by atoms with E-state index in [0.29, 0.717) is 31.2 Å². The van der Waals surface area contributed by atoms with Crippen LogP contribution < -0.4 is 10.6 Å². The molecule has 6 nitrogen and oxygen atoms in total. The maximum atomic E-state index is 13.4. The van der Waals surface area contributed by atoms with Crippen molar-refractivity contribution >= 4 is 35.9 Å². The number of nitrogens with one attached hydrogen (secondary N) is 2. The quantitative estimate of drug-likeness (QED) is 0.245. The molecule has 1 aliphatic rings. The van der Waals surface area contributed by atoms with Crippen molar-refractivity contribution in [2.24, 2.45) is 10.9 Å². The number of nitrogens with zero attached hydrogens (tertiary/aromatic N) is 1. The van der Waals surface area contributed by atoms with Crippen molar-refractivity contribution in [1.82, 2.24) is 10.6 Å². The lowest BCUT2D eigenvalue weighted by atomic mass is 9.86. The first-order valence-corrected chi connectivity index (χ1v) is 9.22. The Morgan fingerprint density at radius 1 is 1.30 bits per heavy atom. The number of guanidine groups is 1. The highest BCUT2D eigenvalue weighted by Crippen LogP contribution is 2.25. The summed E-state index contributed by atoms with van der Waals surface area (Å²) < 4.78 is 18.5. The van der Waals surface area contributed by atoms with Gasteiger partial charge < -0.3 is 20.5 Å². The number of benzene rings is 1. The van der Waals surface area contributed by atoms with Gasteiger partial charge in [-0.3, -0.25) is 4.79 Å². The number of aromatic hydroxyl groups is 1. The third-order valence-electron chi connectivity index (χ3n) is 4.46. The highest BCUT2D eigenvalue weighted by molar-refractivity contribution is 14.0. The zero-order valence-corrected chi connectivity index (χ0v) is 18.2. The topological polar surface area (TPSA) is 83.0 Å². The summed E-state index contributed by atoms with van der Waals surface area (Å²) in [4.78, 5) is 16.3. The predicted octanol–water partition coefficient (Wildman–Crippen LogP) is 3.33. The van der Waals surface area contributed by atoms with E-state index in [1.54, 1.807) is 6.07 Å². The molecule has 1 aromatic rings. The fourth-order valence-electron chi connectivity index (χ4n) is 3.07. The second kappa shape index (κ2) is 12.0. The molecule has 0 radical (unpaired) electrons. The van der Waals surface area contributed by atoms with Gasteiger partial charge in [0.25, 0.3) is 0 Å². The number of phenols is 1. The van der Waals surface area contributed by atoms with Crippen molar-refractivity contribution < 1.29 is 19.0 Å². The third kappa shape index (κ3) is 7.51. The molecule has 0 amide bonds. The van der Waals surface area contributed by atoms with Gasteiger partial charge in [-0.25, -0.2) is 9.38 Å². The van der Waals surface area contributed by atoms with Crippen LogP contribution in [0, 0.1) is 11.7 Å². The number of aliphatic imine (C=N–C) groups is 1. The minimum Gasteiger partial charge on any atom is -0.505 e. The molecule has 1 fully saturated rings. The Balaban J connectivity index is 0.00000364. The Morgan fingerprint density at radius 3 is 2.59 bits per heavy atom. The molecule has 0 atom stereocenters. The van der Waals surface area contributed by atoms with E-state index in [2.05, 4.69) is 15.6 Å². The Bertz CT molecular complexity index is 635. The van der Waals surface area contributed by atoms with E-state index in [-0.39, 0.29) is 47.7 Å². The van der Waals surface area contributed by atoms with Crippen LogP contribution in [0.2, 0.25) is 0 Å². The van der Waals surface area contributed by atoms with Crippen molar-refractivity contribution in [1.29, 1.82) is 0 Å². The average Bonchev–Trinajstić information content (AvgIpc) is 2.63. The average molecular weight is 493 g/mol. The van der Waals surface area contributed by atoms with Crippen LogP contribution in [0.5, 0.6) is 5.75 Å². The van der Waals surface area contributed by atoms with Crippen LogP contribution in [0.1, 0.15) is 45.1 Å². The van der Waals surface area contributed by atoms with Gasteiger partial charge in [-0.15, -0.1) is 24.0 Å². The molecule has 0 aromatic heterocycles. The summed E-state index contributed by atoms with van der Waals surface area (Å²) in [5.41, 5.74) is 0.684. The van der Waals surface area contributed by atoms with Crippen molar-refractivity contribution in [3.05, 3.63) is 29.6 Å². The number of phenolic OH excluding ortho intramolecular Hbond substituents is 1. The number of carbonyl (C=O) groups is 1. The van der Waals surface area contributed by atoms with Gasteiger partial charge >= 0.3 is 5.97 Å². The zero-order valence-electron chi connectivity index (χ0n) is 15.8. The van der Waals surface area contributed by atoms with Gasteiger partial charge in [0.15, 0.2) is 17.5 Å². The molecule has 8 heteroatoms. The van der Waals surface area contributed by atoms with Gasteiger partial charge in [0.05, 0.1) is 19.1 Å². The first-order chi connectivity index (χ1) is 12.5. The predicted molar refractivity (Wildman–Crippen MR) is 114 cm³/mol. The van der Waals surface area contributed by atoms with Gasteiger partial charge in [-0.05, 0) is 57.2 Å². The van der Waals surface area contributed by atoms with E-state index in [1.807, 2.05) is 13.8 Å². The number of hydrogen-bond acceptors (Lipinski definition) is 4. The highest BCUT2D eigenvalue weighted by Gasteiger charge is 2.27. The number of halogens is 2. The second-order valence-electron chi connectivity index (χ2n) is 6.43. The summed E-state index contributed by atoms with van der Waals surface area (Å²) in [7, 11) is 0. The molecule has 2 rings (SSSR count). The maximum Gasteiger partial charge on any atom is 0.308 e. The molecular weight excluding hydrogens is 464 g/mol. The lowest BCUT2D eigenvalue weighted by molar-refractivity contribution is -0.149. The Labute approximate surface area is 177 Å². The summed E-state index contributed by atoms with van der Waals surface area (Å²) in [6.07, 6.45) is 3.36. The molecular formula is C19H29FIN3O3. The summed E-state index contributed by atoms with van der Waals surface area (Å²) in [5, 5.41) is 15.8. The fourth-order valence-corrected chi connectivity index (χ4v) is 3.07. The van der Waals surface area contributed by atoms with Gasteiger partial charge in [-0.2, -0.15) is 0 Å². The monoisotopic (exact) mass is 493 g/mol. The van der Waals surface area contributed by atoms with Gasteiger partial charge in [0.2, 0.25) is 0 Å². The van der Waals surface area contributed by atoms with Crippen LogP contribution in [-0.2, 0) is 16.1 Å².